The molecule has 0 aliphatic carbocycles. The lowest BCUT2D eigenvalue weighted by Crippen LogP contribution is -2.18. The normalized spacial score (nSPS) is 11.8. The minimum atomic E-state index is -4.41. The summed E-state index contributed by atoms with van der Waals surface area (Å²) in [5.41, 5.74) is -0.562. The van der Waals surface area contributed by atoms with Gasteiger partial charge in [0.1, 0.15) is 11.5 Å². The quantitative estimate of drug-likeness (QED) is 0.843. The molecule has 1 rings (SSSR count). The van der Waals surface area contributed by atoms with Crippen LogP contribution in [-0.4, -0.2) is 16.5 Å². The van der Waals surface area contributed by atoms with E-state index in [0.29, 0.717) is 12.2 Å². The summed E-state index contributed by atoms with van der Waals surface area (Å²) in [6.45, 7) is 4.30. The number of aromatic nitrogens is 2. The summed E-state index contributed by atoms with van der Waals surface area (Å²) in [6, 6.07) is 0.940. The van der Waals surface area contributed by atoms with Gasteiger partial charge in [0.15, 0.2) is 0 Å². The van der Waals surface area contributed by atoms with Gasteiger partial charge in [-0.3, -0.25) is 0 Å². The van der Waals surface area contributed by atoms with E-state index in [2.05, 4.69) is 15.3 Å². The molecule has 6 heteroatoms. The zero-order chi connectivity index (χ0) is 11.5. The van der Waals surface area contributed by atoms with E-state index < -0.39 is 11.9 Å². The Bertz CT molecular complexity index is 336. The average molecular weight is 219 g/mol. The molecular weight excluding hydrogens is 207 g/mol. The van der Waals surface area contributed by atoms with Gasteiger partial charge in [0, 0.05) is 5.69 Å². The lowest BCUT2D eigenvalue weighted by atomic mass is 10.3. The molecule has 84 valence electrons. The highest BCUT2D eigenvalue weighted by atomic mass is 19.4. The molecule has 0 saturated carbocycles. The Hall–Kier alpha value is -1.17. The molecule has 0 aromatic carbocycles. The van der Waals surface area contributed by atoms with Crippen LogP contribution in [0, 0.1) is 6.92 Å². The van der Waals surface area contributed by atoms with E-state index in [1.807, 2.05) is 6.92 Å². The molecule has 0 spiro atoms. The maximum Gasteiger partial charge on any atom is 0.433 e. The van der Waals surface area contributed by atoms with Crippen molar-refractivity contribution in [2.75, 3.05) is 6.54 Å². The van der Waals surface area contributed by atoms with Gasteiger partial charge in [-0.15, -0.1) is 0 Å². The Morgan fingerprint density at radius 3 is 2.53 bits per heavy atom. The Kier molecular flexibility index (Phi) is 3.62. The van der Waals surface area contributed by atoms with Crippen molar-refractivity contribution in [1.29, 1.82) is 0 Å². The van der Waals surface area contributed by atoms with E-state index in [4.69, 9.17) is 0 Å². The van der Waals surface area contributed by atoms with E-state index in [-0.39, 0.29) is 12.4 Å². The van der Waals surface area contributed by atoms with Crippen molar-refractivity contribution < 1.29 is 13.2 Å². The second-order valence-corrected chi connectivity index (χ2v) is 3.09. The zero-order valence-corrected chi connectivity index (χ0v) is 8.52. The molecule has 0 amide bonds. The number of nitrogens with zero attached hydrogens (tertiary/aromatic N) is 2. The van der Waals surface area contributed by atoms with Crippen LogP contribution >= 0.6 is 0 Å². The van der Waals surface area contributed by atoms with E-state index in [1.54, 1.807) is 0 Å². The smallest absolute Gasteiger partial charge is 0.310 e. The summed E-state index contributed by atoms with van der Waals surface area (Å²) in [5, 5.41) is 2.88. The van der Waals surface area contributed by atoms with Gasteiger partial charge in [0.05, 0.1) is 6.54 Å². The number of hydrogen-bond donors (Lipinski definition) is 1. The largest absolute Gasteiger partial charge is 0.433 e. The summed E-state index contributed by atoms with van der Waals surface area (Å²) in [4.78, 5) is 7.36. The standard InChI is InChI=1S/C9H12F3N3/c1-3-13-5-8-14-6(2)4-7(15-8)9(10,11)12/h4,13H,3,5H2,1-2H3. The van der Waals surface area contributed by atoms with Gasteiger partial charge in [0.2, 0.25) is 0 Å². The van der Waals surface area contributed by atoms with Crippen LogP contribution in [-0.2, 0) is 12.7 Å². The van der Waals surface area contributed by atoms with E-state index in [9.17, 15) is 13.2 Å². The van der Waals surface area contributed by atoms with Gasteiger partial charge in [0.25, 0.3) is 0 Å². The Morgan fingerprint density at radius 1 is 1.33 bits per heavy atom. The Balaban J connectivity index is 2.95. The first kappa shape index (κ1) is 11.9. The summed E-state index contributed by atoms with van der Waals surface area (Å²) >= 11 is 0. The van der Waals surface area contributed by atoms with E-state index in [1.165, 1.54) is 6.92 Å². The van der Waals surface area contributed by atoms with Crippen molar-refractivity contribution in [2.24, 2.45) is 0 Å². The monoisotopic (exact) mass is 219 g/mol. The molecule has 3 nitrogen and oxygen atoms in total. The van der Waals surface area contributed by atoms with Crippen LogP contribution in [0.3, 0.4) is 0 Å². The zero-order valence-electron chi connectivity index (χ0n) is 8.52. The molecule has 1 aromatic heterocycles. The number of rotatable bonds is 3. The molecule has 0 bridgehead atoms. The number of hydrogen-bond acceptors (Lipinski definition) is 3. The minimum absolute atomic E-state index is 0.171. The molecule has 15 heavy (non-hydrogen) atoms. The van der Waals surface area contributed by atoms with Crippen LogP contribution in [0.4, 0.5) is 13.2 Å². The number of nitrogens with one attached hydrogen (secondary N) is 1. The second-order valence-electron chi connectivity index (χ2n) is 3.09. The highest BCUT2D eigenvalue weighted by Gasteiger charge is 2.33. The summed E-state index contributed by atoms with van der Waals surface area (Å²) in [6.07, 6.45) is -4.41. The molecule has 0 atom stereocenters. The lowest BCUT2D eigenvalue weighted by Gasteiger charge is -2.08. The molecule has 0 aliphatic heterocycles. The first-order valence-corrected chi connectivity index (χ1v) is 4.56. The second kappa shape index (κ2) is 4.57. The molecule has 1 aromatic rings. The average Bonchev–Trinajstić information content (AvgIpc) is 2.12. The first-order valence-electron chi connectivity index (χ1n) is 4.56. The fourth-order valence-corrected chi connectivity index (χ4v) is 1.09. The fraction of sp³-hybridized carbons (Fsp3) is 0.556. The topological polar surface area (TPSA) is 37.8 Å². The molecule has 1 N–H and O–H groups in total. The third-order valence-corrected chi connectivity index (χ3v) is 1.72. The van der Waals surface area contributed by atoms with E-state index in [0.717, 1.165) is 6.07 Å². The lowest BCUT2D eigenvalue weighted by molar-refractivity contribution is -0.141. The molecule has 0 unspecified atom stereocenters. The van der Waals surface area contributed by atoms with Crippen LogP contribution in [0.2, 0.25) is 0 Å². The van der Waals surface area contributed by atoms with Crippen molar-refractivity contribution in [3.05, 3.63) is 23.3 Å². The van der Waals surface area contributed by atoms with Crippen LogP contribution in [0.15, 0.2) is 6.07 Å². The Labute approximate surface area is 85.7 Å². The third-order valence-electron chi connectivity index (χ3n) is 1.72. The first-order chi connectivity index (χ1) is 6.93. The number of halogens is 3. The predicted molar refractivity (Wildman–Crippen MR) is 49.2 cm³/mol. The third kappa shape index (κ3) is 3.47. The van der Waals surface area contributed by atoms with Crippen molar-refractivity contribution in [3.63, 3.8) is 0 Å². The number of aryl methyl sites for hydroxylation is 1. The van der Waals surface area contributed by atoms with Crippen molar-refractivity contribution in [1.82, 2.24) is 15.3 Å². The van der Waals surface area contributed by atoms with Gasteiger partial charge in [-0.25, -0.2) is 9.97 Å². The Morgan fingerprint density at radius 2 is 2.00 bits per heavy atom. The molecule has 1 heterocycles. The van der Waals surface area contributed by atoms with Crippen molar-refractivity contribution in [3.8, 4) is 0 Å². The van der Waals surface area contributed by atoms with Crippen LogP contribution in [0.1, 0.15) is 24.1 Å². The fourth-order valence-electron chi connectivity index (χ4n) is 1.09. The molecule has 0 radical (unpaired) electrons. The molecule has 0 aliphatic rings. The highest BCUT2D eigenvalue weighted by Crippen LogP contribution is 2.27. The van der Waals surface area contributed by atoms with Crippen molar-refractivity contribution >= 4 is 0 Å². The summed E-state index contributed by atoms with van der Waals surface area (Å²) < 4.78 is 37.1. The van der Waals surface area contributed by atoms with Gasteiger partial charge >= 0.3 is 6.18 Å². The van der Waals surface area contributed by atoms with Crippen LogP contribution in [0.5, 0.6) is 0 Å². The van der Waals surface area contributed by atoms with Crippen LogP contribution < -0.4 is 5.32 Å². The number of alkyl halides is 3. The summed E-state index contributed by atoms with van der Waals surface area (Å²) in [5.74, 6) is 0.171. The van der Waals surface area contributed by atoms with Crippen molar-refractivity contribution in [2.45, 2.75) is 26.6 Å². The van der Waals surface area contributed by atoms with Gasteiger partial charge in [-0.2, -0.15) is 13.2 Å². The van der Waals surface area contributed by atoms with Gasteiger partial charge < -0.3 is 5.32 Å². The molecule has 0 saturated heterocycles. The maximum absolute atomic E-state index is 12.4. The van der Waals surface area contributed by atoms with Gasteiger partial charge in [-0.05, 0) is 19.5 Å². The molecular formula is C9H12F3N3. The predicted octanol–water partition coefficient (Wildman–Crippen LogP) is 1.91. The molecule has 0 fully saturated rings. The minimum Gasteiger partial charge on any atom is -0.310 e. The highest BCUT2D eigenvalue weighted by molar-refractivity contribution is 5.12. The van der Waals surface area contributed by atoms with Crippen LogP contribution in [0.25, 0.3) is 0 Å². The van der Waals surface area contributed by atoms with Gasteiger partial charge in [-0.1, -0.05) is 6.92 Å². The maximum atomic E-state index is 12.4. The summed E-state index contributed by atoms with van der Waals surface area (Å²) in [7, 11) is 0. The SMILES string of the molecule is CCNCc1nc(C)cc(C(F)(F)F)n1. The van der Waals surface area contributed by atoms with E-state index >= 15 is 0 Å².